The minimum atomic E-state index is -0.967. The first-order valence-corrected chi connectivity index (χ1v) is 4.50. The quantitative estimate of drug-likeness (QED) is 0.516. The normalized spacial score (nSPS) is 28.0. The van der Waals surface area contributed by atoms with Gasteiger partial charge in [-0.15, -0.1) is 0 Å². The number of allylic oxidation sites excluding steroid dienone is 1. The van der Waals surface area contributed by atoms with Crippen LogP contribution in [0.5, 0.6) is 0 Å². The Labute approximate surface area is 81.7 Å². The zero-order valence-electron chi connectivity index (χ0n) is 7.38. The number of Topliss-reactive ketones (excluding diaryl/α,β-unsaturated/α-hetero) is 1. The average molecular weight is 203 g/mol. The van der Waals surface area contributed by atoms with Crippen molar-refractivity contribution in [3.63, 3.8) is 0 Å². The number of cyclic esters (lactones) is 1. The highest BCUT2D eigenvalue weighted by atomic mass is 35.5. The summed E-state index contributed by atoms with van der Waals surface area (Å²) in [6, 6.07) is 0. The molecule has 4 heteroatoms. The van der Waals surface area contributed by atoms with Crippen LogP contribution >= 0.6 is 11.6 Å². The molecule has 1 heterocycles. The van der Waals surface area contributed by atoms with E-state index in [0.717, 1.165) is 0 Å². The molecule has 0 aromatic heterocycles. The summed E-state index contributed by atoms with van der Waals surface area (Å²) < 4.78 is 4.79. The van der Waals surface area contributed by atoms with Gasteiger partial charge < -0.3 is 4.74 Å². The van der Waals surface area contributed by atoms with Crippen molar-refractivity contribution in [1.82, 2.24) is 0 Å². The number of esters is 1. The van der Waals surface area contributed by atoms with Crippen LogP contribution < -0.4 is 0 Å². The molecule has 0 saturated carbocycles. The summed E-state index contributed by atoms with van der Waals surface area (Å²) in [6.45, 7) is 1.74. The Balaban J connectivity index is 2.87. The predicted molar refractivity (Wildman–Crippen MR) is 48.3 cm³/mol. The second-order valence-corrected chi connectivity index (χ2v) is 3.34. The number of hydrogen-bond donors (Lipinski definition) is 0. The Hall–Kier alpha value is -0.830. The third-order valence-electron chi connectivity index (χ3n) is 2.38. The summed E-state index contributed by atoms with van der Waals surface area (Å²) in [6.07, 6.45) is 2.41. The Bertz CT molecular complexity index is 260. The third-order valence-corrected chi connectivity index (χ3v) is 2.56. The van der Waals surface area contributed by atoms with E-state index in [-0.39, 0.29) is 5.78 Å². The van der Waals surface area contributed by atoms with Crippen LogP contribution in [0.3, 0.4) is 0 Å². The molecule has 1 fully saturated rings. The first-order chi connectivity index (χ1) is 6.13. The molecule has 0 N–H and O–H groups in total. The smallest absolute Gasteiger partial charge is 0.320 e. The van der Waals surface area contributed by atoms with Crippen LogP contribution in [0.15, 0.2) is 11.6 Å². The lowest BCUT2D eigenvalue weighted by atomic mass is 9.79. The molecule has 0 aromatic carbocycles. The zero-order valence-corrected chi connectivity index (χ0v) is 8.13. The molecule has 13 heavy (non-hydrogen) atoms. The van der Waals surface area contributed by atoms with E-state index >= 15 is 0 Å². The Morgan fingerprint density at radius 1 is 1.77 bits per heavy atom. The van der Waals surface area contributed by atoms with E-state index in [1.54, 1.807) is 6.08 Å². The number of carbonyl (C=O) groups excluding carboxylic acids is 2. The van der Waals surface area contributed by atoms with Gasteiger partial charge in [0.05, 0.1) is 6.61 Å². The highest BCUT2D eigenvalue weighted by Crippen LogP contribution is 2.35. The Morgan fingerprint density at radius 3 is 2.85 bits per heavy atom. The van der Waals surface area contributed by atoms with E-state index in [2.05, 4.69) is 0 Å². The molecule has 0 amide bonds. The molecule has 0 bridgehead atoms. The minimum Gasteiger partial charge on any atom is -0.465 e. The molecule has 1 saturated heterocycles. The van der Waals surface area contributed by atoms with Crippen molar-refractivity contribution < 1.29 is 14.3 Å². The van der Waals surface area contributed by atoms with Gasteiger partial charge in [-0.1, -0.05) is 17.7 Å². The number of rotatable bonds is 3. The van der Waals surface area contributed by atoms with Gasteiger partial charge in [-0.05, 0) is 13.3 Å². The fraction of sp³-hybridized carbons (Fsp3) is 0.556. The molecule has 1 unspecified atom stereocenters. The maximum atomic E-state index is 11.3. The van der Waals surface area contributed by atoms with Crippen LogP contribution in [0, 0.1) is 5.41 Å². The van der Waals surface area contributed by atoms with Crippen molar-refractivity contribution in [3.05, 3.63) is 11.6 Å². The topological polar surface area (TPSA) is 43.4 Å². The van der Waals surface area contributed by atoms with Crippen LogP contribution in [0.4, 0.5) is 0 Å². The molecule has 1 aliphatic rings. The first kappa shape index (κ1) is 10.3. The van der Waals surface area contributed by atoms with Crippen LogP contribution in [0.1, 0.15) is 19.8 Å². The molecule has 1 rings (SSSR count). The summed E-state index contributed by atoms with van der Waals surface area (Å²) >= 11 is 5.35. The fourth-order valence-electron chi connectivity index (χ4n) is 1.45. The summed E-state index contributed by atoms with van der Waals surface area (Å²) in [5, 5.41) is 0. The first-order valence-electron chi connectivity index (χ1n) is 4.07. The predicted octanol–water partition coefficient (Wildman–Crippen LogP) is 1.65. The van der Waals surface area contributed by atoms with E-state index in [9.17, 15) is 9.59 Å². The van der Waals surface area contributed by atoms with Gasteiger partial charge in [-0.2, -0.15) is 0 Å². The highest BCUT2D eigenvalue weighted by Gasteiger charge is 2.47. The summed E-state index contributed by atoms with van der Waals surface area (Å²) in [4.78, 5) is 22.6. The van der Waals surface area contributed by atoms with Crippen LogP contribution in [0.2, 0.25) is 0 Å². The summed E-state index contributed by atoms with van der Waals surface area (Å²) in [7, 11) is 0. The van der Waals surface area contributed by atoms with Gasteiger partial charge in [0, 0.05) is 12.0 Å². The lowest BCUT2D eigenvalue weighted by molar-refractivity contribution is -0.150. The molecule has 0 aliphatic carbocycles. The van der Waals surface area contributed by atoms with E-state index in [1.165, 1.54) is 12.5 Å². The molecule has 3 nitrogen and oxygen atoms in total. The van der Waals surface area contributed by atoms with Gasteiger partial charge in [0.1, 0.15) is 11.2 Å². The van der Waals surface area contributed by atoms with Gasteiger partial charge >= 0.3 is 5.97 Å². The second-order valence-electron chi connectivity index (χ2n) is 3.09. The van der Waals surface area contributed by atoms with E-state index in [4.69, 9.17) is 16.3 Å². The summed E-state index contributed by atoms with van der Waals surface area (Å²) in [5.41, 5.74) is 0.349. The number of carbonyl (C=O) groups is 2. The number of ether oxygens (including phenoxy) is 1. The largest absolute Gasteiger partial charge is 0.465 e. The standard InChI is InChI=1S/C9H11ClO3/c1-7(11)9(3-2-5-10)4-6-13-8(9)12/h2,5H,3-4,6H2,1H3/b5-2+. The van der Waals surface area contributed by atoms with Gasteiger partial charge in [-0.25, -0.2) is 0 Å². The molecule has 72 valence electrons. The second kappa shape index (κ2) is 3.92. The Kier molecular flexibility index (Phi) is 3.09. The minimum absolute atomic E-state index is 0.148. The maximum Gasteiger partial charge on any atom is 0.320 e. The molecule has 0 aromatic rings. The van der Waals surface area contributed by atoms with Crippen LogP contribution in [-0.2, 0) is 14.3 Å². The molecular formula is C9H11ClO3. The summed E-state index contributed by atoms with van der Waals surface area (Å²) in [5.74, 6) is -0.570. The lowest BCUT2D eigenvalue weighted by Crippen LogP contribution is -2.33. The van der Waals surface area contributed by atoms with E-state index in [0.29, 0.717) is 19.4 Å². The number of halogens is 1. The molecule has 1 aliphatic heterocycles. The maximum absolute atomic E-state index is 11.3. The van der Waals surface area contributed by atoms with Crippen molar-refractivity contribution in [3.8, 4) is 0 Å². The van der Waals surface area contributed by atoms with Crippen molar-refractivity contribution in [2.45, 2.75) is 19.8 Å². The van der Waals surface area contributed by atoms with Crippen LogP contribution in [0.25, 0.3) is 0 Å². The van der Waals surface area contributed by atoms with Gasteiger partial charge in [0.2, 0.25) is 0 Å². The monoisotopic (exact) mass is 202 g/mol. The fourth-order valence-corrected chi connectivity index (χ4v) is 1.54. The molecule has 1 atom stereocenters. The molecule has 0 spiro atoms. The Morgan fingerprint density at radius 2 is 2.46 bits per heavy atom. The van der Waals surface area contributed by atoms with Crippen LogP contribution in [-0.4, -0.2) is 18.4 Å². The lowest BCUT2D eigenvalue weighted by Gasteiger charge is -2.18. The molecular weight excluding hydrogens is 192 g/mol. The zero-order chi connectivity index (χ0) is 9.90. The van der Waals surface area contributed by atoms with E-state index in [1.807, 2.05) is 0 Å². The van der Waals surface area contributed by atoms with Crippen molar-refractivity contribution >= 4 is 23.4 Å². The van der Waals surface area contributed by atoms with Gasteiger partial charge in [0.15, 0.2) is 0 Å². The number of hydrogen-bond acceptors (Lipinski definition) is 3. The van der Waals surface area contributed by atoms with Crippen molar-refractivity contribution in [2.24, 2.45) is 5.41 Å². The number of ketones is 1. The van der Waals surface area contributed by atoms with Crippen molar-refractivity contribution in [2.75, 3.05) is 6.61 Å². The third kappa shape index (κ3) is 1.75. The van der Waals surface area contributed by atoms with Gasteiger partial charge in [-0.3, -0.25) is 9.59 Å². The van der Waals surface area contributed by atoms with Gasteiger partial charge in [0.25, 0.3) is 0 Å². The average Bonchev–Trinajstić information content (AvgIpc) is 2.45. The highest BCUT2D eigenvalue weighted by molar-refractivity contribution is 6.25. The van der Waals surface area contributed by atoms with E-state index < -0.39 is 11.4 Å². The molecule has 0 radical (unpaired) electrons. The van der Waals surface area contributed by atoms with Crippen molar-refractivity contribution in [1.29, 1.82) is 0 Å². The SMILES string of the molecule is CC(=O)C1(C/C=C/Cl)CCOC1=O.